The van der Waals surface area contributed by atoms with E-state index in [0.717, 1.165) is 45.2 Å². The molecule has 2 nitrogen and oxygen atoms in total. The van der Waals surface area contributed by atoms with Gasteiger partial charge >= 0.3 is 0 Å². The van der Waals surface area contributed by atoms with E-state index in [1.165, 1.54) is 43.6 Å². The number of nitrogens with zero attached hydrogens (tertiary/aromatic N) is 2. The zero-order valence-corrected chi connectivity index (χ0v) is 21.1. The number of para-hydroxylation sites is 4. The van der Waals surface area contributed by atoms with Crippen LogP contribution in [0.25, 0.3) is 43.6 Å². The molecule has 37 heavy (non-hydrogen) atoms. The van der Waals surface area contributed by atoms with Crippen molar-refractivity contribution >= 4 is 43.6 Å². The molecule has 0 amide bonds. The standard InChI is InChI=1S/C35H30N2/c1(2-4-6-16-26-36-32-22-12-8-18-28(32)29-19-9-13-23-33(29)36)3-5-7-17-27-37-34-24-14-10-20-30(34)31-21-11-15-25-35(31)37/h8-15,18-25H,4,6-7,16-17,26-27H2. The summed E-state index contributed by atoms with van der Waals surface area (Å²) in [5, 5.41) is 5.33. The molecule has 6 aromatic rings. The Morgan fingerprint density at radius 3 is 1.19 bits per heavy atom. The minimum atomic E-state index is 0.864. The quantitative estimate of drug-likeness (QED) is 0.161. The Morgan fingerprint density at radius 2 is 0.757 bits per heavy atom. The van der Waals surface area contributed by atoms with E-state index in [1.54, 1.807) is 0 Å². The average Bonchev–Trinajstić information content (AvgIpc) is 3.45. The highest BCUT2D eigenvalue weighted by molar-refractivity contribution is 6.08. The first kappa shape index (κ1) is 23.0. The van der Waals surface area contributed by atoms with Crippen molar-refractivity contribution in [2.75, 3.05) is 0 Å². The lowest BCUT2D eigenvalue weighted by Gasteiger charge is -2.06. The summed E-state index contributed by atoms with van der Waals surface area (Å²) in [6.45, 7) is 1.99. The molecule has 0 saturated heterocycles. The van der Waals surface area contributed by atoms with Crippen molar-refractivity contribution in [3.8, 4) is 23.7 Å². The lowest BCUT2D eigenvalue weighted by Crippen LogP contribution is -1.97. The van der Waals surface area contributed by atoms with Gasteiger partial charge in [-0.05, 0) is 55.4 Å². The largest absolute Gasteiger partial charge is 0.340 e. The number of hydrogen-bond acceptors (Lipinski definition) is 0. The summed E-state index contributed by atoms with van der Waals surface area (Å²) in [7, 11) is 0. The van der Waals surface area contributed by atoms with Gasteiger partial charge in [0.2, 0.25) is 0 Å². The van der Waals surface area contributed by atoms with Gasteiger partial charge in [-0.25, -0.2) is 0 Å². The Labute approximate surface area is 218 Å². The molecule has 180 valence electrons. The summed E-state index contributed by atoms with van der Waals surface area (Å²) in [5.74, 6) is 12.6. The van der Waals surface area contributed by atoms with Gasteiger partial charge in [0.1, 0.15) is 0 Å². The van der Waals surface area contributed by atoms with Gasteiger partial charge in [-0.2, -0.15) is 0 Å². The molecule has 0 atom stereocenters. The van der Waals surface area contributed by atoms with Gasteiger partial charge < -0.3 is 9.13 Å². The molecular formula is C35H30N2. The number of hydrogen-bond donors (Lipinski definition) is 0. The van der Waals surface area contributed by atoms with Gasteiger partial charge in [-0.3, -0.25) is 0 Å². The van der Waals surface area contributed by atoms with E-state index in [0.29, 0.717) is 0 Å². The predicted molar refractivity (Wildman–Crippen MR) is 158 cm³/mol. The highest BCUT2D eigenvalue weighted by Crippen LogP contribution is 2.30. The molecule has 0 saturated carbocycles. The van der Waals surface area contributed by atoms with Crippen LogP contribution < -0.4 is 0 Å². The van der Waals surface area contributed by atoms with Gasteiger partial charge in [0.25, 0.3) is 0 Å². The highest BCUT2D eigenvalue weighted by atomic mass is 15.0. The third-order valence-corrected chi connectivity index (χ3v) is 7.22. The Morgan fingerprint density at radius 1 is 0.405 bits per heavy atom. The molecule has 0 bridgehead atoms. The van der Waals surface area contributed by atoms with Gasteiger partial charge in [-0.1, -0.05) is 84.6 Å². The molecule has 0 N–H and O–H groups in total. The fourth-order valence-corrected chi connectivity index (χ4v) is 5.51. The Hall–Kier alpha value is -4.40. The molecule has 0 radical (unpaired) electrons. The Bertz CT molecular complexity index is 1720. The minimum Gasteiger partial charge on any atom is -0.340 e. The number of benzene rings is 4. The van der Waals surface area contributed by atoms with Gasteiger partial charge in [0, 0.05) is 69.5 Å². The van der Waals surface area contributed by atoms with E-state index < -0.39 is 0 Å². The van der Waals surface area contributed by atoms with Crippen LogP contribution in [0.4, 0.5) is 0 Å². The Kier molecular flexibility index (Phi) is 6.66. The van der Waals surface area contributed by atoms with Crippen molar-refractivity contribution in [2.24, 2.45) is 0 Å². The molecule has 0 spiro atoms. The number of unbranched alkanes of at least 4 members (excludes halogenated alkanes) is 3. The predicted octanol–water partition coefficient (Wildman–Crippen LogP) is 8.56. The fourth-order valence-electron chi connectivity index (χ4n) is 5.51. The van der Waals surface area contributed by atoms with Crippen LogP contribution in [-0.4, -0.2) is 9.13 Å². The molecule has 2 heterocycles. The maximum absolute atomic E-state index is 3.26. The van der Waals surface area contributed by atoms with Crippen molar-refractivity contribution < 1.29 is 0 Å². The number of fused-ring (bicyclic) bond motifs is 6. The van der Waals surface area contributed by atoms with E-state index >= 15 is 0 Å². The van der Waals surface area contributed by atoms with Crippen LogP contribution in [0.2, 0.25) is 0 Å². The molecule has 0 unspecified atom stereocenters. The minimum absolute atomic E-state index is 0.864. The van der Waals surface area contributed by atoms with Crippen molar-refractivity contribution in [1.82, 2.24) is 9.13 Å². The fraction of sp³-hybridized carbons (Fsp3) is 0.200. The van der Waals surface area contributed by atoms with E-state index in [1.807, 2.05) is 0 Å². The first-order valence-corrected chi connectivity index (χ1v) is 13.3. The van der Waals surface area contributed by atoms with Gasteiger partial charge in [0.05, 0.1) is 0 Å². The smallest absolute Gasteiger partial charge is 0.0491 e. The summed E-state index contributed by atoms with van der Waals surface area (Å²) in [6, 6.07) is 34.8. The van der Waals surface area contributed by atoms with Crippen LogP contribution >= 0.6 is 0 Å². The van der Waals surface area contributed by atoms with Crippen LogP contribution in [-0.2, 0) is 13.1 Å². The summed E-state index contributed by atoms with van der Waals surface area (Å²) in [6.07, 6.45) is 4.99. The van der Waals surface area contributed by atoms with Gasteiger partial charge in [0.15, 0.2) is 0 Å². The van der Waals surface area contributed by atoms with E-state index in [2.05, 4.69) is 130 Å². The second-order valence-electron chi connectivity index (χ2n) is 9.54. The molecular weight excluding hydrogens is 448 g/mol. The van der Waals surface area contributed by atoms with Crippen LogP contribution in [0.1, 0.15) is 32.1 Å². The van der Waals surface area contributed by atoms with Crippen LogP contribution in [0.15, 0.2) is 97.1 Å². The van der Waals surface area contributed by atoms with Crippen LogP contribution in [0.5, 0.6) is 0 Å². The summed E-state index contributed by atoms with van der Waals surface area (Å²) in [5.41, 5.74) is 5.25. The molecule has 0 aliphatic heterocycles. The molecule has 4 aromatic carbocycles. The van der Waals surface area contributed by atoms with E-state index in [4.69, 9.17) is 0 Å². The highest BCUT2D eigenvalue weighted by Gasteiger charge is 2.09. The normalized spacial score (nSPS) is 11.0. The molecule has 0 aliphatic carbocycles. The van der Waals surface area contributed by atoms with Crippen molar-refractivity contribution in [3.05, 3.63) is 97.1 Å². The molecule has 2 heteroatoms. The van der Waals surface area contributed by atoms with E-state index in [9.17, 15) is 0 Å². The Balaban J connectivity index is 0.997. The van der Waals surface area contributed by atoms with E-state index in [-0.39, 0.29) is 0 Å². The topological polar surface area (TPSA) is 9.86 Å². The van der Waals surface area contributed by atoms with Crippen LogP contribution in [0.3, 0.4) is 0 Å². The van der Waals surface area contributed by atoms with Crippen molar-refractivity contribution in [1.29, 1.82) is 0 Å². The molecule has 2 aromatic heterocycles. The average molecular weight is 479 g/mol. The van der Waals surface area contributed by atoms with Crippen LogP contribution in [0, 0.1) is 23.7 Å². The second-order valence-corrected chi connectivity index (χ2v) is 9.54. The summed E-state index contributed by atoms with van der Waals surface area (Å²) < 4.78 is 4.88. The number of aryl methyl sites for hydroxylation is 2. The lowest BCUT2D eigenvalue weighted by molar-refractivity contribution is 0.646. The summed E-state index contributed by atoms with van der Waals surface area (Å²) in [4.78, 5) is 0. The number of rotatable bonds is 7. The lowest BCUT2D eigenvalue weighted by atomic mass is 10.2. The summed E-state index contributed by atoms with van der Waals surface area (Å²) >= 11 is 0. The second kappa shape index (κ2) is 10.7. The SMILES string of the molecule is C(C#CCCCn1c2ccccc2c2ccccc21)#CCCCCn1c2ccccc2c2ccccc21. The molecule has 0 aliphatic rings. The van der Waals surface area contributed by atoms with Crippen molar-refractivity contribution in [3.63, 3.8) is 0 Å². The molecule has 0 fully saturated rings. The third-order valence-electron chi connectivity index (χ3n) is 7.22. The zero-order chi connectivity index (χ0) is 24.9. The molecule has 6 rings (SSSR count). The zero-order valence-electron chi connectivity index (χ0n) is 21.1. The monoisotopic (exact) mass is 478 g/mol. The third kappa shape index (κ3) is 4.60. The van der Waals surface area contributed by atoms with Crippen molar-refractivity contribution in [2.45, 2.75) is 45.2 Å². The maximum atomic E-state index is 3.26. The number of aromatic nitrogens is 2. The first-order valence-electron chi connectivity index (χ1n) is 13.3. The van der Waals surface area contributed by atoms with Gasteiger partial charge in [-0.15, -0.1) is 0 Å². The maximum Gasteiger partial charge on any atom is 0.0491 e. The first-order chi connectivity index (χ1) is 18.4.